The molecule has 4 nitrogen and oxygen atoms in total. The third-order valence-electron chi connectivity index (χ3n) is 3.35. The van der Waals surface area contributed by atoms with Crippen molar-refractivity contribution in [2.75, 3.05) is 26.2 Å². The van der Waals surface area contributed by atoms with E-state index in [0.29, 0.717) is 12.4 Å². The monoisotopic (exact) mass is 286 g/mol. The van der Waals surface area contributed by atoms with Crippen molar-refractivity contribution in [1.29, 1.82) is 0 Å². The van der Waals surface area contributed by atoms with Crippen LogP contribution in [0.2, 0.25) is 0 Å². The van der Waals surface area contributed by atoms with Gasteiger partial charge in [0.15, 0.2) is 11.5 Å². The van der Waals surface area contributed by atoms with E-state index in [0.717, 1.165) is 30.9 Å². The van der Waals surface area contributed by atoms with Crippen molar-refractivity contribution < 1.29 is 9.25 Å². The van der Waals surface area contributed by atoms with Crippen LogP contribution in [0.25, 0.3) is 0 Å². The zero-order chi connectivity index (χ0) is 14.9. The topological polar surface area (TPSA) is 38.0 Å². The van der Waals surface area contributed by atoms with Crippen LogP contribution >= 0.6 is 0 Å². The van der Waals surface area contributed by atoms with Crippen LogP contribution in [0, 0.1) is 0 Å². The molecule has 0 atom stereocenters. The summed E-state index contributed by atoms with van der Waals surface area (Å²) in [5, 5.41) is 4.27. The Balaban J connectivity index is 2.05. The number of furan rings is 1. The largest absolute Gasteiger partial charge is 0.463 e. The lowest BCUT2D eigenvalue weighted by Crippen LogP contribution is -2.26. The molecule has 0 saturated carbocycles. The highest BCUT2D eigenvalue weighted by molar-refractivity contribution is 6.10. The van der Waals surface area contributed by atoms with E-state index in [1.165, 1.54) is 0 Å². The van der Waals surface area contributed by atoms with E-state index in [9.17, 15) is 0 Å². The first-order valence-electron chi connectivity index (χ1n) is 7.36. The van der Waals surface area contributed by atoms with E-state index in [2.05, 4.69) is 23.9 Å². The highest BCUT2D eigenvalue weighted by atomic mass is 16.6. The van der Waals surface area contributed by atoms with Gasteiger partial charge in [-0.15, -0.1) is 0 Å². The standard InChI is InChI=1S/C17H22N2O2/c1-3-19(4-2)12-14-21-18-17(16-11-8-13-20-16)15-9-6-5-7-10-15/h5-11,13H,3-4,12,14H2,1-2H3. The summed E-state index contributed by atoms with van der Waals surface area (Å²) >= 11 is 0. The van der Waals surface area contributed by atoms with Gasteiger partial charge in [-0.2, -0.15) is 0 Å². The minimum Gasteiger partial charge on any atom is -0.463 e. The van der Waals surface area contributed by atoms with Crippen LogP contribution in [-0.4, -0.2) is 36.9 Å². The molecule has 0 bridgehead atoms. The molecule has 1 heterocycles. The molecule has 0 radical (unpaired) electrons. The second-order valence-electron chi connectivity index (χ2n) is 4.64. The summed E-state index contributed by atoms with van der Waals surface area (Å²) in [4.78, 5) is 7.79. The maximum absolute atomic E-state index is 5.49. The number of nitrogens with zero attached hydrogens (tertiary/aromatic N) is 2. The maximum Gasteiger partial charge on any atom is 0.156 e. The Labute approximate surface area is 126 Å². The molecule has 21 heavy (non-hydrogen) atoms. The Morgan fingerprint density at radius 2 is 1.86 bits per heavy atom. The van der Waals surface area contributed by atoms with Crippen molar-refractivity contribution in [3.8, 4) is 0 Å². The summed E-state index contributed by atoms with van der Waals surface area (Å²) in [7, 11) is 0. The summed E-state index contributed by atoms with van der Waals surface area (Å²) < 4.78 is 5.45. The molecule has 1 aromatic heterocycles. The summed E-state index contributed by atoms with van der Waals surface area (Å²) in [6.45, 7) is 7.77. The molecular weight excluding hydrogens is 264 g/mol. The summed E-state index contributed by atoms with van der Waals surface area (Å²) in [5.74, 6) is 0.712. The lowest BCUT2D eigenvalue weighted by Gasteiger charge is -2.16. The number of oxime groups is 1. The molecule has 0 N–H and O–H groups in total. The molecular formula is C17H22N2O2. The molecule has 4 heteroatoms. The molecule has 0 aliphatic heterocycles. The van der Waals surface area contributed by atoms with E-state index >= 15 is 0 Å². The molecule has 0 aliphatic rings. The van der Waals surface area contributed by atoms with Gasteiger partial charge in [0.25, 0.3) is 0 Å². The third kappa shape index (κ3) is 4.46. The molecule has 2 rings (SSSR count). The van der Waals surface area contributed by atoms with Crippen molar-refractivity contribution in [2.24, 2.45) is 5.16 Å². The van der Waals surface area contributed by atoms with E-state index in [4.69, 9.17) is 9.25 Å². The SMILES string of the molecule is CCN(CC)CCON=C(c1ccccc1)c1ccco1. The van der Waals surface area contributed by atoms with Gasteiger partial charge in [0.05, 0.1) is 6.26 Å². The quantitative estimate of drug-likeness (QED) is 0.424. The lowest BCUT2D eigenvalue weighted by molar-refractivity contribution is 0.114. The second-order valence-corrected chi connectivity index (χ2v) is 4.64. The average Bonchev–Trinajstić information content (AvgIpc) is 3.06. The normalized spacial score (nSPS) is 11.9. The first-order chi connectivity index (χ1) is 10.3. The van der Waals surface area contributed by atoms with Gasteiger partial charge in [-0.25, -0.2) is 0 Å². The lowest BCUT2D eigenvalue weighted by atomic mass is 10.1. The van der Waals surface area contributed by atoms with Crippen molar-refractivity contribution >= 4 is 5.71 Å². The Bertz CT molecular complexity index is 531. The highest BCUT2D eigenvalue weighted by Gasteiger charge is 2.10. The van der Waals surface area contributed by atoms with Gasteiger partial charge in [-0.3, -0.25) is 0 Å². The van der Waals surface area contributed by atoms with Crippen LogP contribution in [0.1, 0.15) is 25.2 Å². The van der Waals surface area contributed by atoms with Crippen LogP contribution in [0.5, 0.6) is 0 Å². The minimum absolute atomic E-state index is 0.568. The van der Waals surface area contributed by atoms with Crippen LogP contribution in [0.15, 0.2) is 58.3 Å². The number of hydrogen-bond donors (Lipinski definition) is 0. The highest BCUT2D eigenvalue weighted by Crippen LogP contribution is 2.11. The second kappa shape index (κ2) is 8.27. The average molecular weight is 286 g/mol. The Morgan fingerprint density at radius 3 is 2.48 bits per heavy atom. The fraction of sp³-hybridized carbons (Fsp3) is 0.353. The van der Waals surface area contributed by atoms with Gasteiger partial charge in [-0.1, -0.05) is 49.3 Å². The van der Waals surface area contributed by atoms with Crippen LogP contribution < -0.4 is 0 Å². The molecule has 1 aromatic carbocycles. The fourth-order valence-electron chi connectivity index (χ4n) is 2.07. The Kier molecular flexibility index (Phi) is 6.03. The first kappa shape index (κ1) is 15.3. The molecule has 0 amide bonds. The fourth-order valence-corrected chi connectivity index (χ4v) is 2.07. The van der Waals surface area contributed by atoms with Crippen LogP contribution in [-0.2, 0) is 4.84 Å². The molecule has 0 aliphatic carbocycles. The van der Waals surface area contributed by atoms with Crippen LogP contribution in [0.3, 0.4) is 0 Å². The third-order valence-corrected chi connectivity index (χ3v) is 3.35. The van der Waals surface area contributed by atoms with Gasteiger partial charge < -0.3 is 14.2 Å². The molecule has 0 spiro atoms. The summed E-state index contributed by atoms with van der Waals surface area (Å²) in [6.07, 6.45) is 1.64. The van der Waals surface area contributed by atoms with Crippen molar-refractivity contribution in [2.45, 2.75) is 13.8 Å². The van der Waals surface area contributed by atoms with Crippen molar-refractivity contribution in [1.82, 2.24) is 4.90 Å². The van der Waals surface area contributed by atoms with Gasteiger partial charge in [0.1, 0.15) is 6.61 Å². The van der Waals surface area contributed by atoms with Crippen LogP contribution in [0.4, 0.5) is 0 Å². The minimum atomic E-state index is 0.568. The van der Waals surface area contributed by atoms with Crippen molar-refractivity contribution in [3.63, 3.8) is 0 Å². The van der Waals surface area contributed by atoms with Gasteiger partial charge >= 0.3 is 0 Å². The molecule has 2 aromatic rings. The predicted molar refractivity (Wildman–Crippen MR) is 84.5 cm³/mol. The van der Waals surface area contributed by atoms with E-state index in [1.807, 2.05) is 42.5 Å². The zero-order valence-corrected chi connectivity index (χ0v) is 12.7. The van der Waals surface area contributed by atoms with Gasteiger partial charge in [0, 0.05) is 12.1 Å². The molecule has 0 fully saturated rings. The van der Waals surface area contributed by atoms with E-state index in [1.54, 1.807) is 6.26 Å². The van der Waals surface area contributed by atoms with E-state index in [-0.39, 0.29) is 0 Å². The molecule has 0 saturated heterocycles. The molecule has 112 valence electrons. The first-order valence-corrected chi connectivity index (χ1v) is 7.36. The zero-order valence-electron chi connectivity index (χ0n) is 12.7. The van der Waals surface area contributed by atoms with Crippen molar-refractivity contribution in [3.05, 3.63) is 60.1 Å². The Morgan fingerprint density at radius 1 is 1.10 bits per heavy atom. The van der Waals surface area contributed by atoms with Gasteiger partial charge in [0.2, 0.25) is 0 Å². The molecule has 0 unspecified atom stereocenters. The number of rotatable bonds is 8. The van der Waals surface area contributed by atoms with Gasteiger partial charge in [-0.05, 0) is 25.2 Å². The number of benzene rings is 1. The number of likely N-dealkylation sites (N-methyl/N-ethyl adjacent to an activating group) is 1. The predicted octanol–water partition coefficient (Wildman–Crippen LogP) is 3.39. The van der Waals surface area contributed by atoms with E-state index < -0.39 is 0 Å². The number of hydrogen-bond acceptors (Lipinski definition) is 4. The Hall–Kier alpha value is -2.07. The summed E-state index contributed by atoms with van der Waals surface area (Å²) in [5.41, 5.74) is 1.70. The smallest absolute Gasteiger partial charge is 0.156 e. The summed E-state index contributed by atoms with van der Waals surface area (Å²) in [6, 6.07) is 13.7. The maximum atomic E-state index is 5.49.